The van der Waals surface area contributed by atoms with Gasteiger partial charge in [-0.3, -0.25) is 4.99 Å². The molecule has 1 N–H and O–H groups in total. The van der Waals surface area contributed by atoms with Gasteiger partial charge in [-0.25, -0.2) is 0 Å². The fourth-order valence-corrected chi connectivity index (χ4v) is 3.42. The Balaban J connectivity index is 2.03. The van der Waals surface area contributed by atoms with Gasteiger partial charge in [0.05, 0.1) is 11.9 Å². The van der Waals surface area contributed by atoms with E-state index in [9.17, 15) is 0 Å². The van der Waals surface area contributed by atoms with E-state index in [2.05, 4.69) is 37.1 Å². The van der Waals surface area contributed by atoms with Gasteiger partial charge in [0.25, 0.3) is 0 Å². The lowest BCUT2D eigenvalue weighted by Gasteiger charge is -2.16. The molecule has 1 atom stereocenters. The third-order valence-corrected chi connectivity index (χ3v) is 4.29. The third-order valence-electron chi connectivity index (χ3n) is 3.30. The molecule has 0 spiro atoms. The maximum Gasteiger partial charge on any atom is 0.0967 e. The Kier molecular flexibility index (Phi) is 4.21. The standard InChI is InChI=1S/C14H22N2S/c1-10-9-13(12(3)17-10)11(2)16-14-7-5-4-6-8-15-14/h9,11H,4-8H2,1-3H3,(H,15,16). The van der Waals surface area contributed by atoms with Crippen LogP contribution in [0.1, 0.15) is 54.0 Å². The molecule has 1 aromatic rings. The molecule has 1 aromatic heterocycles. The van der Waals surface area contributed by atoms with Crippen molar-refractivity contribution >= 4 is 17.2 Å². The van der Waals surface area contributed by atoms with Crippen LogP contribution in [0.5, 0.6) is 0 Å². The average molecular weight is 250 g/mol. The second-order valence-electron chi connectivity index (χ2n) is 4.87. The van der Waals surface area contributed by atoms with Gasteiger partial charge in [-0.05, 0) is 45.2 Å². The Morgan fingerprint density at radius 1 is 1.29 bits per heavy atom. The maximum absolute atomic E-state index is 4.63. The number of aryl methyl sites for hydroxylation is 2. The van der Waals surface area contributed by atoms with E-state index in [1.807, 2.05) is 11.3 Å². The van der Waals surface area contributed by atoms with Crippen LogP contribution in [0.4, 0.5) is 0 Å². The summed E-state index contributed by atoms with van der Waals surface area (Å²) in [6.45, 7) is 7.62. The molecule has 0 saturated heterocycles. The number of nitrogens with one attached hydrogen (secondary N) is 1. The molecular formula is C14H22N2S. The van der Waals surface area contributed by atoms with Crippen LogP contribution in [-0.2, 0) is 0 Å². The van der Waals surface area contributed by atoms with Crippen LogP contribution in [0.2, 0.25) is 0 Å². The van der Waals surface area contributed by atoms with Gasteiger partial charge in [0.2, 0.25) is 0 Å². The van der Waals surface area contributed by atoms with Gasteiger partial charge in [-0.2, -0.15) is 0 Å². The summed E-state index contributed by atoms with van der Waals surface area (Å²) in [5.41, 5.74) is 1.43. The molecule has 0 saturated carbocycles. The predicted molar refractivity (Wildman–Crippen MR) is 76.1 cm³/mol. The van der Waals surface area contributed by atoms with Crippen molar-refractivity contribution in [2.45, 2.75) is 52.5 Å². The summed E-state index contributed by atoms with van der Waals surface area (Å²) >= 11 is 1.88. The molecule has 3 heteroatoms. The van der Waals surface area contributed by atoms with Crippen molar-refractivity contribution in [3.05, 3.63) is 21.4 Å². The summed E-state index contributed by atoms with van der Waals surface area (Å²) in [5, 5.41) is 3.59. The Hall–Kier alpha value is -0.830. The van der Waals surface area contributed by atoms with Crippen molar-refractivity contribution in [2.75, 3.05) is 6.54 Å². The molecule has 0 fully saturated rings. The number of aliphatic imine (C=N–C) groups is 1. The molecule has 0 amide bonds. The first kappa shape index (κ1) is 12.6. The Morgan fingerprint density at radius 2 is 2.12 bits per heavy atom. The van der Waals surface area contributed by atoms with Gasteiger partial charge in [0.1, 0.15) is 0 Å². The zero-order valence-corrected chi connectivity index (χ0v) is 11.9. The minimum atomic E-state index is 0.386. The van der Waals surface area contributed by atoms with Gasteiger partial charge in [0.15, 0.2) is 0 Å². The van der Waals surface area contributed by atoms with Gasteiger partial charge >= 0.3 is 0 Å². The van der Waals surface area contributed by atoms with Gasteiger partial charge in [-0.15, -0.1) is 11.3 Å². The SMILES string of the molecule is Cc1cc(C(C)NC2=NCCCCC2)c(C)s1. The first-order chi connectivity index (χ1) is 8.16. The monoisotopic (exact) mass is 250 g/mol. The van der Waals surface area contributed by atoms with Crippen LogP contribution in [0.25, 0.3) is 0 Å². The van der Waals surface area contributed by atoms with Crippen LogP contribution >= 0.6 is 11.3 Å². The quantitative estimate of drug-likeness (QED) is 0.843. The summed E-state index contributed by atoms with van der Waals surface area (Å²) in [6, 6.07) is 2.69. The summed E-state index contributed by atoms with van der Waals surface area (Å²) in [4.78, 5) is 7.46. The predicted octanol–water partition coefficient (Wildman–Crippen LogP) is 3.99. The molecule has 2 heterocycles. The normalized spacial score (nSPS) is 18.4. The zero-order chi connectivity index (χ0) is 12.3. The van der Waals surface area contributed by atoms with Crippen molar-refractivity contribution in [1.29, 1.82) is 0 Å². The van der Waals surface area contributed by atoms with E-state index in [4.69, 9.17) is 0 Å². The molecule has 2 rings (SSSR count). The first-order valence-corrected chi connectivity index (χ1v) is 7.35. The fraction of sp³-hybridized carbons (Fsp3) is 0.643. The van der Waals surface area contributed by atoms with Gasteiger partial charge < -0.3 is 5.32 Å². The lowest BCUT2D eigenvalue weighted by atomic mass is 10.1. The molecular weight excluding hydrogens is 228 g/mol. The highest BCUT2D eigenvalue weighted by Crippen LogP contribution is 2.26. The summed E-state index contributed by atoms with van der Waals surface area (Å²) in [7, 11) is 0. The minimum Gasteiger partial charge on any atom is -0.367 e. The third kappa shape index (κ3) is 3.32. The number of rotatable bonds is 2. The van der Waals surface area contributed by atoms with Crippen molar-refractivity contribution in [2.24, 2.45) is 4.99 Å². The van der Waals surface area contributed by atoms with Gasteiger partial charge in [-0.1, -0.05) is 6.42 Å². The van der Waals surface area contributed by atoms with Crippen molar-refractivity contribution < 1.29 is 0 Å². The Morgan fingerprint density at radius 3 is 2.82 bits per heavy atom. The van der Waals surface area contributed by atoms with E-state index in [1.165, 1.54) is 40.4 Å². The second-order valence-corrected chi connectivity index (χ2v) is 6.33. The number of amidine groups is 1. The molecule has 1 unspecified atom stereocenters. The lowest BCUT2D eigenvalue weighted by Crippen LogP contribution is -2.26. The van der Waals surface area contributed by atoms with Crippen LogP contribution in [-0.4, -0.2) is 12.4 Å². The average Bonchev–Trinajstić information content (AvgIpc) is 2.51. The van der Waals surface area contributed by atoms with E-state index in [1.54, 1.807) is 0 Å². The highest BCUT2D eigenvalue weighted by Gasteiger charge is 2.13. The molecule has 0 bridgehead atoms. The van der Waals surface area contributed by atoms with Crippen LogP contribution in [0.3, 0.4) is 0 Å². The second kappa shape index (κ2) is 5.67. The van der Waals surface area contributed by atoms with Crippen molar-refractivity contribution in [1.82, 2.24) is 5.32 Å². The number of hydrogen-bond acceptors (Lipinski definition) is 3. The van der Waals surface area contributed by atoms with Crippen LogP contribution in [0.15, 0.2) is 11.1 Å². The summed E-state index contributed by atoms with van der Waals surface area (Å²) < 4.78 is 0. The number of nitrogens with zero attached hydrogens (tertiary/aromatic N) is 1. The Bertz CT molecular complexity index is 406. The highest BCUT2D eigenvalue weighted by molar-refractivity contribution is 7.12. The maximum atomic E-state index is 4.63. The molecule has 94 valence electrons. The summed E-state index contributed by atoms with van der Waals surface area (Å²) in [6.07, 6.45) is 4.96. The van der Waals surface area contributed by atoms with Crippen LogP contribution < -0.4 is 5.32 Å². The molecule has 0 aromatic carbocycles. The molecule has 17 heavy (non-hydrogen) atoms. The summed E-state index contributed by atoms with van der Waals surface area (Å²) in [5.74, 6) is 1.21. The largest absolute Gasteiger partial charge is 0.367 e. The highest BCUT2D eigenvalue weighted by atomic mass is 32.1. The van der Waals surface area contributed by atoms with E-state index < -0.39 is 0 Å². The molecule has 0 radical (unpaired) electrons. The van der Waals surface area contributed by atoms with Crippen molar-refractivity contribution in [3.8, 4) is 0 Å². The molecule has 0 aliphatic carbocycles. The van der Waals surface area contributed by atoms with E-state index in [0.717, 1.165) is 13.0 Å². The molecule has 2 nitrogen and oxygen atoms in total. The van der Waals surface area contributed by atoms with Crippen molar-refractivity contribution in [3.63, 3.8) is 0 Å². The molecule has 1 aliphatic heterocycles. The number of thiophene rings is 1. The van der Waals surface area contributed by atoms with E-state index >= 15 is 0 Å². The smallest absolute Gasteiger partial charge is 0.0967 e. The lowest BCUT2D eigenvalue weighted by molar-refractivity contribution is 0.692. The number of hydrogen-bond donors (Lipinski definition) is 1. The minimum absolute atomic E-state index is 0.386. The zero-order valence-electron chi connectivity index (χ0n) is 11.0. The first-order valence-electron chi connectivity index (χ1n) is 6.53. The fourth-order valence-electron chi connectivity index (χ4n) is 2.40. The Labute approximate surface area is 108 Å². The topological polar surface area (TPSA) is 24.4 Å². The van der Waals surface area contributed by atoms with E-state index in [-0.39, 0.29) is 0 Å². The van der Waals surface area contributed by atoms with Gasteiger partial charge in [0, 0.05) is 22.7 Å². The molecule has 1 aliphatic rings. The van der Waals surface area contributed by atoms with Crippen LogP contribution in [0, 0.1) is 13.8 Å². The van der Waals surface area contributed by atoms with E-state index in [0.29, 0.717) is 6.04 Å².